The molecular formula is C25H37BN3O7. The fourth-order valence-electron chi connectivity index (χ4n) is 3.20. The van der Waals surface area contributed by atoms with Gasteiger partial charge in [-0.05, 0) is 36.5 Å². The van der Waals surface area contributed by atoms with Crippen LogP contribution in [-0.2, 0) is 30.2 Å². The number of hydrogen-bond donors (Lipinski definition) is 4. The molecule has 5 N–H and O–H groups in total. The molecule has 2 amide bonds. The van der Waals surface area contributed by atoms with Gasteiger partial charge < -0.3 is 35.6 Å². The van der Waals surface area contributed by atoms with Gasteiger partial charge >= 0.3 is 13.5 Å². The first-order valence-corrected chi connectivity index (χ1v) is 11.7. The molecule has 0 aromatic heterocycles. The maximum Gasteiger partial charge on any atom is 0.328 e. The number of carbonyl (C=O) groups excluding carboxylic acids is 2. The summed E-state index contributed by atoms with van der Waals surface area (Å²) >= 11 is 0. The molecule has 0 fully saturated rings. The standard InChI is InChI=1S/C25H37BN3O7/c1-5-11-34-15-22(25(32)33)29-24(31)21(13-17(3)4)28-23(30)20(26-36-16-27)14-18-7-9-19(10-8-18)35-12-6-2/h5-10,17,20-22H,1-2,11-16,27H2,3-4H3,(H,28,30)(H,29,31)(H,32,33)/t20-,21-,22-/m0/s1. The van der Waals surface area contributed by atoms with Gasteiger partial charge in [-0.25, -0.2) is 4.79 Å². The average Bonchev–Trinajstić information content (AvgIpc) is 2.84. The molecule has 1 rings (SSSR count). The third-order valence-electron chi connectivity index (χ3n) is 4.92. The highest BCUT2D eigenvalue weighted by Crippen LogP contribution is 2.19. The van der Waals surface area contributed by atoms with Crippen LogP contribution >= 0.6 is 0 Å². The van der Waals surface area contributed by atoms with E-state index >= 15 is 0 Å². The van der Waals surface area contributed by atoms with Gasteiger partial charge in [-0.3, -0.25) is 9.59 Å². The zero-order valence-electron chi connectivity index (χ0n) is 21.0. The van der Waals surface area contributed by atoms with Crippen molar-refractivity contribution in [3.8, 4) is 5.75 Å². The molecule has 0 saturated heterocycles. The lowest BCUT2D eigenvalue weighted by molar-refractivity contribution is -0.144. The fourth-order valence-corrected chi connectivity index (χ4v) is 3.20. The Morgan fingerprint density at radius 1 is 1.06 bits per heavy atom. The van der Waals surface area contributed by atoms with Gasteiger partial charge in [-0.2, -0.15) is 0 Å². The summed E-state index contributed by atoms with van der Waals surface area (Å²) in [5, 5.41) is 14.6. The molecule has 1 radical (unpaired) electrons. The van der Waals surface area contributed by atoms with Crippen molar-refractivity contribution < 1.29 is 33.6 Å². The normalized spacial score (nSPS) is 13.2. The molecule has 0 aliphatic heterocycles. The molecule has 0 heterocycles. The lowest BCUT2D eigenvalue weighted by Crippen LogP contribution is -2.54. The largest absolute Gasteiger partial charge is 0.490 e. The van der Waals surface area contributed by atoms with Gasteiger partial charge in [0.1, 0.15) is 18.4 Å². The Bertz CT molecular complexity index is 849. The summed E-state index contributed by atoms with van der Waals surface area (Å²) in [6.45, 7) is 11.1. The average molecular weight is 502 g/mol. The number of carboxylic acids is 1. The number of rotatable bonds is 19. The highest BCUT2D eigenvalue weighted by Gasteiger charge is 2.30. The van der Waals surface area contributed by atoms with Crippen LogP contribution in [0.2, 0.25) is 5.82 Å². The second kappa shape index (κ2) is 17.3. The van der Waals surface area contributed by atoms with Crippen molar-refractivity contribution in [2.24, 2.45) is 11.7 Å². The second-order valence-electron chi connectivity index (χ2n) is 8.44. The summed E-state index contributed by atoms with van der Waals surface area (Å²) in [5.41, 5.74) is 6.28. The molecule has 11 heteroatoms. The molecule has 1 aromatic rings. The summed E-state index contributed by atoms with van der Waals surface area (Å²) in [7, 11) is 1.34. The molecule has 0 unspecified atom stereocenters. The van der Waals surface area contributed by atoms with Crippen LogP contribution in [-0.4, -0.2) is 69.0 Å². The van der Waals surface area contributed by atoms with E-state index in [-0.39, 0.29) is 32.3 Å². The zero-order chi connectivity index (χ0) is 26.9. The summed E-state index contributed by atoms with van der Waals surface area (Å²) in [4.78, 5) is 37.6. The Morgan fingerprint density at radius 3 is 2.25 bits per heavy atom. The number of benzene rings is 1. The minimum Gasteiger partial charge on any atom is -0.490 e. The monoisotopic (exact) mass is 502 g/mol. The molecule has 36 heavy (non-hydrogen) atoms. The summed E-state index contributed by atoms with van der Waals surface area (Å²) in [5.74, 6) is -2.35. The summed E-state index contributed by atoms with van der Waals surface area (Å²) < 4.78 is 15.8. The topological polar surface area (TPSA) is 149 Å². The van der Waals surface area contributed by atoms with Gasteiger partial charge in [0, 0.05) is 5.82 Å². The van der Waals surface area contributed by atoms with Crippen molar-refractivity contribution in [3.05, 3.63) is 55.1 Å². The summed E-state index contributed by atoms with van der Waals surface area (Å²) in [6, 6.07) is 5.00. The number of nitrogens with two attached hydrogens (primary N) is 1. The van der Waals surface area contributed by atoms with Gasteiger partial charge in [-0.1, -0.05) is 44.7 Å². The molecular weight excluding hydrogens is 465 g/mol. The van der Waals surface area contributed by atoms with E-state index in [1.165, 1.54) is 13.6 Å². The predicted octanol–water partition coefficient (Wildman–Crippen LogP) is 1.44. The van der Waals surface area contributed by atoms with Gasteiger partial charge in [0.05, 0.1) is 19.9 Å². The van der Waals surface area contributed by atoms with E-state index in [0.717, 1.165) is 5.56 Å². The van der Waals surface area contributed by atoms with Crippen molar-refractivity contribution in [3.63, 3.8) is 0 Å². The van der Waals surface area contributed by atoms with Crippen LogP contribution in [0.4, 0.5) is 0 Å². The Morgan fingerprint density at radius 2 is 1.69 bits per heavy atom. The Kier molecular flexibility index (Phi) is 14.9. The highest BCUT2D eigenvalue weighted by atomic mass is 16.5. The minimum atomic E-state index is -1.27. The number of carbonyl (C=O) groups is 3. The number of amides is 2. The quantitative estimate of drug-likeness (QED) is 0.0961. The molecule has 0 aliphatic carbocycles. The van der Waals surface area contributed by atoms with Crippen molar-refractivity contribution in [2.75, 3.05) is 26.6 Å². The third-order valence-corrected chi connectivity index (χ3v) is 4.92. The first-order valence-electron chi connectivity index (χ1n) is 11.7. The van der Waals surface area contributed by atoms with E-state index in [1.807, 2.05) is 26.0 Å². The van der Waals surface area contributed by atoms with Crippen molar-refractivity contribution >= 4 is 25.3 Å². The first-order chi connectivity index (χ1) is 17.2. The predicted molar refractivity (Wildman–Crippen MR) is 137 cm³/mol. The molecule has 3 atom stereocenters. The van der Waals surface area contributed by atoms with Crippen LogP contribution in [0.15, 0.2) is 49.6 Å². The van der Waals surface area contributed by atoms with Crippen molar-refractivity contribution in [1.82, 2.24) is 10.6 Å². The number of nitrogens with one attached hydrogen (secondary N) is 2. The number of aliphatic carboxylic acids is 1. The number of ether oxygens (including phenoxy) is 2. The van der Waals surface area contributed by atoms with Crippen LogP contribution in [0.3, 0.4) is 0 Å². The van der Waals surface area contributed by atoms with E-state index in [2.05, 4.69) is 23.8 Å². The van der Waals surface area contributed by atoms with Gasteiger partial charge in [-0.15, -0.1) is 6.58 Å². The van der Waals surface area contributed by atoms with Gasteiger partial charge in [0.2, 0.25) is 11.8 Å². The van der Waals surface area contributed by atoms with E-state index in [1.54, 1.807) is 18.2 Å². The maximum atomic E-state index is 13.2. The van der Waals surface area contributed by atoms with Gasteiger partial charge in [0.25, 0.3) is 0 Å². The first kappa shape index (κ1) is 30.9. The Labute approximate surface area is 213 Å². The van der Waals surface area contributed by atoms with E-state index < -0.39 is 35.7 Å². The van der Waals surface area contributed by atoms with E-state index in [4.69, 9.17) is 19.9 Å². The third kappa shape index (κ3) is 12.0. The second-order valence-corrected chi connectivity index (χ2v) is 8.44. The Balaban J connectivity index is 2.94. The van der Waals surface area contributed by atoms with Crippen LogP contribution < -0.4 is 21.1 Å². The van der Waals surface area contributed by atoms with Gasteiger partial charge in [0.15, 0.2) is 6.04 Å². The molecule has 0 spiro atoms. The van der Waals surface area contributed by atoms with Crippen LogP contribution in [0.1, 0.15) is 25.8 Å². The van der Waals surface area contributed by atoms with E-state index in [0.29, 0.717) is 18.8 Å². The number of carboxylic acid groups (broad SMARTS) is 1. The van der Waals surface area contributed by atoms with Crippen molar-refractivity contribution in [1.29, 1.82) is 0 Å². The molecule has 1 aromatic carbocycles. The number of hydrogen-bond acceptors (Lipinski definition) is 7. The minimum absolute atomic E-state index is 0.0483. The maximum absolute atomic E-state index is 13.2. The Hall–Kier alpha value is -3.15. The van der Waals surface area contributed by atoms with Crippen LogP contribution in [0.25, 0.3) is 0 Å². The lowest BCUT2D eigenvalue weighted by Gasteiger charge is -2.25. The molecule has 197 valence electrons. The molecule has 10 nitrogen and oxygen atoms in total. The van der Waals surface area contributed by atoms with E-state index in [9.17, 15) is 19.5 Å². The molecule has 0 aliphatic rings. The fraction of sp³-hybridized carbons (Fsp3) is 0.480. The summed E-state index contributed by atoms with van der Waals surface area (Å²) in [6.07, 6.45) is 3.71. The van der Waals surface area contributed by atoms with Crippen molar-refractivity contribution in [2.45, 2.75) is 44.6 Å². The lowest BCUT2D eigenvalue weighted by atomic mass is 9.75. The van der Waals surface area contributed by atoms with Crippen LogP contribution in [0, 0.1) is 5.92 Å². The highest BCUT2D eigenvalue weighted by molar-refractivity contribution is 6.37. The molecule has 0 bridgehead atoms. The molecule has 0 saturated carbocycles. The smallest absolute Gasteiger partial charge is 0.328 e. The van der Waals surface area contributed by atoms with Crippen LogP contribution in [0.5, 0.6) is 5.75 Å². The SMILES string of the molecule is C=CCOC[C@H](NC(=O)[C@H](CC(C)C)NC(=O)[C@@H]([B]OCN)Cc1ccc(OCC=C)cc1)C(=O)O. The zero-order valence-corrected chi connectivity index (χ0v) is 21.0.